The highest BCUT2D eigenvalue weighted by atomic mass is 16.6. The summed E-state index contributed by atoms with van der Waals surface area (Å²) in [6, 6.07) is 13.8. The van der Waals surface area contributed by atoms with Crippen LogP contribution < -0.4 is 15.7 Å². The molecule has 3 N–H and O–H groups in total. The fraction of sp³-hybridized carbons (Fsp3) is 0.318. The first-order valence-corrected chi connectivity index (χ1v) is 9.84. The number of carbonyl (C=O) groups excluding carboxylic acids is 1. The normalized spacial score (nSPS) is 15.9. The standard InChI is InChI=1S/C22H26N6O2/c1-15-12-16(2)20-18(13-15)19(25-21(26-23)27-24-3)10-7-11-28(20)22(29)30-14-17-8-5-4-6-9-17/h4-6,8-9,12-13H,7,10-11,14,23H2,1-3H3/p+1/b25-19+,26-21-,27-24?. The van der Waals surface area contributed by atoms with Crippen LogP contribution in [-0.4, -0.2) is 31.4 Å². The summed E-state index contributed by atoms with van der Waals surface area (Å²) in [5.41, 5.74) is 5.66. The van der Waals surface area contributed by atoms with Gasteiger partial charge in [-0.05, 0) is 37.5 Å². The second kappa shape index (κ2) is 9.78. The molecular formula is C22H27N6O2+. The molecule has 8 nitrogen and oxygen atoms in total. The molecular weight excluding hydrogens is 380 g/mol. The van der Waals surface area contributed by atoms with Crippen LogP contribution in [0.3, 0.4) is 0 Å². The average molecular weight is 407 g/mol. The van der Waals surface area contributed by atoms with Crippen molar-refractivity contribution in [3.8, 4) is 0 Å². The highest BCUT2D eigenvalue weighted by Gasteiger charge is 2.28. The van der Waals surface area contributed by atoms with Crippen molar-refractivity contribution in [1.29, 1.82) is 0 Å². The Balaban J connectivity index is 1.97. The lowest BCUT2D eigenvalue weighted by Gasteiger charge is -2.24. The number of carbonyl (C=O) groups is 1. The van der Waals surface area contributed by atoms with Gasteiger partial charge in [0.05, 0.1) is 18.4 Å². The van der Waals surface area contributed by atoms with Crippen LogP contribution in [0.1, 0.15) is 35.1 Å². The van der Waals surface area contributed by atoms with Crippen molar-refractivity contribution < 1.29 is 14.5 Å². The summed E-state index contributed by atoms with van der Waals surface area (Å²) in [5.74, 6) is 5.66. The lowest BCUT2D eigenvalue weighted by molar-refractivity contribution is -0.319. The van der Waals surface area contributed by atoms with Crippen LogP contribution in [0, 0.1) is 13.8 Å². The summed E-state index contributed by atoms with van der Waals surface area (Å²) >= 11 is 0. The number of fused-ring (bicyclic) bond motifs is 1. The molecule has 8 heteroatoms. The van der Waals surface area contributed by atoms with E-state index < -0.39 is 0 Å². The van der Waals surface area contributed by atoms with Gasteiger partial charge in [0, 0.05) is 28.7 Å². The molecule has 30 heavy (non-hydrogen) atoms. The first-order valence-electron chi connectivity index (χ1n) is 9.84. The molecule has 0 radical (unpaired) electrons. The van der Waals surface area contributed by atoms with Gasteiger partial charge in [0.1, 0.15) is 6.61 Å². The number of benzene rings is 2. The molecule has 2 aromatic rings. The van der Waals surface area contributed by atoms with Gasteiger partial charge >= 0.3 is 12.1 Å². The number of hydrogen-bond acceptors (Lipinski definition) is 5. The molecule has 3 rings (SSSR count). The van der Waals surface area contributed by atoms with E-state index in [1.165, 1.54) is 0 Å². The van der Waals surface area contributed by atoms with E-state index in [9.17, 15) is 4.79 Å². The number of rotatable bonds is 2. The topological polar surface area (TPSA) is 107 Å². The van der Waals surface area contributed by atoms with Crippen LogP contribution in [0.2, 0.25) is 0 Å². The number of ether oxygens (including phenoxy) is 1. The van der Waals surface area contributed by atoms with E-state index in [1.807, 2.05) is 50.2 Å². The molecule has 0 bridgehead atoms. The van der Waals surface area contributed by atoms with Crippen molar-refractivity contribution in [2.75, 3.05) is 18.5 Å². The highest BCUT2D eigenvalue weighted by Crippen LogP contribution is 2.31. The predicted octanol–water partition coefficient (Wildman–Crippen LogP) is 2.42. The van der Waals surface area contributed by atoms with Gasteiger partial charge in [0.15, 0.2) is 0 Å². The minimum absolute atomic E-state index is 0.220. The van der Waals surface area contributed by atoms with Crippen molar-refractivity contribution in [1.82, 2.24) is 0 Å². The zero-order valence-electron chi connectivity index (χ0n) is 17.6. The molecule has 156 valence electrons. The van der Waals surface area contributed by atoms with Crippen LogP contribution in [0.5, 0.6) is 0 Å². The lowest BCUT2D eigenvalue weighted by atomic mass is 9.99. The van der Waals surface area contributed by atoms with Gasteiger partial charge in [-0.25, -0.2) is 9.79 Å². The van der Waals surface area contributed by atoms with E-state index in [0.29, 0.717) is 13.0 Å². The first kappa shape index (κ1) is 21.2. The Bertz CT molecular complexity index is 998. The number of amides is 1. The molecule has 1 amide bonds. The average Bonchev–Trinajstić information content (AvgIpc) is 2.92. The molecule has 0 saturated carbocycles. The van der Waals surface area contributed by atoms with Gasteiger partial charge in [-0.15, -0.1) is 5.11 Å². The Labute approximate surface area is 176 Å². The Kier molecular flexibility index (Phi) is 6.90. The Morgan fingerprint density at radius 3 is 2.70 bits per heavy atom. The van der Waals surface area contributed by atoms with Gasteiger partial charge < -0.3 is 4.74 Å². The van der Waals surface area contributed by atoms with Crippen LogP contribution in [0.15, 0.2) is 57.8 Å². The van der Waals surface area contributed by atoms with E-state index in [4.69, 9.17) is 10.6 Å². The minimum Gasteiger partial charge on any atom is -0.444 e. The van der Waals surface area contributed by atoms with Crippen LogP contribution in [-0.2, 0) is 11.3 Å². The van der Waals surface area contributed by atoms with Crippen molar-refractivity contribution in [2.45, 2.75) is 33.3 Å². The molecule has 0 aliphatic carbocycles. The molecule has 1 aliphatic rings. The molecule has 1 heterocycles. The number of nitrogens with one attached hydrogen (secondary N) is 1. The summed E-state index contributed by atoms with van der Waals surface area (Å²) in [5, 5.41) is 11.3. The molecule has 0 spiro atoms. The number of anilines is 1. The van der Waals surface area contributed by atoms with Crippen LogP contribution in [0.4, 0.5) is 10.5 Å². The quantitative estimate of drug-likeness (QED) is 0.262. The first-order chi connectivity index (χ1) is 14.5. The third-order valence-corrected chi connectivity index (χ3v) is 4.85. The molecule has 0 saturated heterocycles. The number of azo groups is 1. The minimum atomic E-state index is -0.366. The predicted molar refractivity (Wildman–Crippen MR) is 117 cm³/mol. The number of guanidine groups is 1. The second-order valence-electron chi connectivity index (χ2n) is 7.13. The monoisotopic (exact) mass is 407 g/mol. The molecule has 0 unspecified atom stereocenters. The smallest absolute Gasteiger partial charge is 0.444 e. The molecule has 1 aliphatic heterocycles. The summed E-state index contributed by atoms with van der Waals surface area (Å²) in [6.07, 6.45) is 1.09. The molecule has 0 fully saturated rings. The fourth-order valence-corrected chi connectivity index (χ4v) is 3.63. The van der Waals surface area contributed by atoms with Gasteiger partial charge in [-0.2, -0.15) is 0 Å². The summed E-state index contributed by atoms with van der Waals surface area (Å²) in [7, 11) is 1.55. The Morgan fingerprint density at radius 2 is 2.00 bits per heavy atom. The SMILES string of the molecule is CN=NC(=N\N)/[NH+]=C1\CCCN(C(=O)OCc2ccccc2)c2c(C)cc(C)cc21. The van der Waals surface area contributed by atoms with E-state index in [-0.39, 0.29) is 18.7 Å². The van der Waals surface area contributed by atoms with E-state index >= 15 is 0 Å². The fourth-order valence-electron chi connectivity index (χ4n) is 3.63. The Morgan fingerprint density at radius 1 is 1.23 bits per heavy atom. The number of nitrogens with zero attached hydrogens (tertiary/aromatic N) is 4. The Hall–Kier alpha value is -3.55. The van der Waals surface area contributed by atoms with E-state index in [1.54, 1.807) is 11.9 Å². The lowest BCUT2D eigenvalue weighted by Crippen LogP contribution is -2.77. The van der Waals surface area contributed by atoms with Gasteiger partial charge in [-0.3, -0.25) is 10.7 Å². The van der Waals surface area contributed by atoms with Crippen LogP contribution >= 0.6 is 0 Å². The van der Waals surface area contributed by atoms with Crippen molar-refractivity contribution in [2.24, 2.45) is 21.2 Å². The second-order valence-corrected chi connectivity index (χ2v) is 7.13. The molecule has 2 aromatic carbocycles. The maximum Gasteiger partial charge on any atom is 0.472 e. The summed E-state index contributed by atoms with van der Waals surface area (Å²) in [6.45, 7) is 4.79. The molecule has 0 aromatic heterocycles. The number of hydrazone groups is 1. The summed E-state index contributed by atoms with van der Waals surface area (Å²) < 4.78 is 5.62. The van der Waals surface area contributed by atoms with Crippen LogP contribution in [0.25, 0.3) is 0 Å². The zero-order chi connectivity index (χ0) is 21.5. The van der Waals surface area contributed by atoms with Gasteiger partial charge in [0.25, 0.3) is 0 Å². The third-order valence-electron chi connectivity index (χ3n) is 4.85. The maximum absolute atomic E-state index is 13.0. The van der Waals surface area contributed by atoms with Gasteiger partial charge in [-0.1, -0.05) is 42.0 Å². The van der Waals surface area contributed by atoms with E-state index in [0.717, 1.165) is 40.1 Å². The maximum atomic E-state index is 13.0. The number of aryl methyl sites for hydroxylation is 2. The van der Waals surface area contributed by atoms with Gasteiger partial charge in [0.2, 0.25) is 0 Å². The van der Waals surface area contributed by atoms with Crippen molar-refractivity contribution >= 4 is 23.5 Å². The van der Waals surface area contributed by atoms with Crippen molar-refractivity contribution in [3.05, 3.63) is 64.7 Å². The largest absolute Gasteiger partial charge is 0.472 e. The molecule has 0 atom stereocenters. The number of nitrogens with two attached hydrogens (primary N) is 1. The van der Waals surface area contributed by atoms with Crippen molar-refractivity contribution in [3.63, 3.8) is 0 Å². The zero-order valence-corrected chi connectivity index (χ0v) is 17.6. The number of hydrogen-bond donors (Lipinski definition) is 2. The summed E-state index contributed by atoms with van der Waals surface area (Å²) in [4.78, 5) is 17.9. The third kappa shape index (κ3) is 4.89. The highest BCUT2D eigenvalue weighted by molar-refractivity contribution is 6.07. The van der Waals surface area contributed by atoms with E-state index in [2.05, 4.69) is 26.4 Å².